The van der Waals surface area contributed by atoms with Crippen LogP contribution < -0.4 is 0 Å². The number of benzene rings is 1. The molecule has 0 saturated heterocycles. The van der Waals surface area contributed by atoms with Crippen LogP contribution in [0.15, 0.2) is 18.2 Å². The maximum atomic E-state index is 12.7. The Morgan fingerprint density at radius 3 is 1.86 bits per heavy atom. The molecule has 0 bridgehead atoms. The molecule has 0 spiro atoms. The zero-order valence-electron chi connectivity index (χ0n) is 6.53. The summed E-state index contributed by atoms with van der Waals surface area (Å²) >= 11 is 0. The van der Waals surface area contributed by atoms with Crippen LogP contribution in [0.25, 0.3) is 0 Å². The number of carbonyl (C=O) groups is 1. The van der Waals surface area contributed by atoms with Gasteiger partial charge in [-0.1, -0.05) is 6.07 Å². The zero-order valence-corrected chi connectivity index (χ0v) is 6.53. The van der Waals surface area contributed by atoms with E-state index in [9.17, 15) is 26.7 Å². The fourth-order valence-electron chi connectivity index (χ4n) is 0.856. The highest BCUT2D eigenvalue weighted by Crippen LogP contribution is 2.24. The molecule has 14 heavy (non-hydrogen) atoms. The van der Waals surface area contributed by atoms with E-state index in [2.05, 4.69) is 0 Å². The van der Waals surface area contributed by atoms with Crippen molar-refractivity contribution in [1.29, 1.82) is 0 Å². The normalized spacial score (nSPS) is 11.5. The van der Waals surface area contributed by atoms with Crippen LogP contribution in [0.3, 0.4) is 0 Å². The van der Waals surface area contributed by atoms with Gasteiger partial charge in [0.1, 0.15) is 11.6 Å². The fourth-order valence-corrected chi connectivity index (χ4v) is 0.856. The first kappa shape index (κ1) is 10.6. The third-order valence-corrected chi connectivity index (χ3v) is 1.45. The number of alkyl halides is 3. The summed E-state index contributed by atoms with van der Waals surface area (Å²) in [6.07, 6.45) is -5.27. The van der Waals surface area contributed by atoms with E-state index in [0.29, 0.717) is 12.1 Å². The van der Waals surface area contributed by atoms with E-state index >= 15 is 0 Å². The predicted octanol–water partition coefficient (Wildman–Crippen LogP) is 2.71. The maximum Gasteiger partial charge on any atom is 0.455 e. The van der Waals surface area contributed by atoms with Crippen LogP contribution in [0.2, 0.25) is 0 Å². The lowest BCUT2D eigenvalue weighted by molar-refractivity contribution is -0.0890. The number of carbonyl (C=O) groups excluding carboxylic acids is 1. The SMILES string of the molecule is O=C(c1c(F)cccc1F)C(F)(F)F. The minimum absolute atomic E-state index is 0.585. The first-order valence-electron chi connectivity index (χ1n) is 3.39. The molecule has 1 aromatic rings. The van der Waals surface area contributed by atoms with Crippen LogP contribution in [0, 0.1) is 11.6 Å². The average Bonchev–Trinajstić information content (AvgIpc) is 2.01. The number of hydrogen-bond acceptors (Lipinski definition) is 1. The highest BCUT2D eigenvalue weighted by Gasteiger charge is 2.42. The summed E-state index contributed by atoms with van der Waals surface area (Å²) < 4.78 is 60.8. The van der Waals surface area contributed by atoms with Gasteiger partial charge in [-0.3, -0.25) is 4.79 Å². The van der Waals surface area contributed by atoms with Crippen molar-refractivity contribution in [2.45, 2.75) is 6.18 Å². The lowest BCUT2D eigenvalue weighted by Gasteiger charge is -2.06. The van der Waals surface area contributed by atoms with Crippen molar-refractivity contribution in [3.63, 3.8) is 0 Å². The molecule has 1 nitrogen and oxygen atoms in total. The third-order valence-electron chi connectivity index (χ3n) is 1.45. The topological polar surface area (TPSA) is 17.1 Å². The van der Waals surface area contributed by atoms with E-state index in [1.807, 2.05) is 0 Å². The predicted molar refractivity (Wildman–Crippen MR) is 36.7 cm³/mol. The smallest absolute Gasteiger partial charge is 0.284 e. The van der Waals surface area contributed by atoms with Gasteiger partial charge in [0, 0.05) is 0 Å². The fraction of sp³-hybridized carbons (Fsp3) is 0.125. The van der Waals surface area contributed by atoms with Gasteiger partial charge >= 0.3 is 6.18 Å². The van der Waals surface area contributed by atoms with Crippen molar-refractivity contribution in [2.75, 3.05) is 0 Å². The molecule has 76 valence electrons. The minimum atomic E-state index is -5.27. The Balaban J connectivity index is 3.26. The summed E-state index contributed by atoms with van der Waals surface area (Å²) in [4.78, 5) is 10.5. The summed E-state index contributed by atoms with van der Waals surface area (Å²) in [5, 5.41) is 0. The average molecular weight is 210 g/mol. The lowest BCUT2D eigenvalue weighted by Crippen LogP contribution is -2.25. The molecule has 0 aliphatic rings. The Morgan fingerprint density at radius 1 is 1.07 bits per heavy atom. The Labute approximate surface area is 75.2 Å². The molecule has 0 unspecified atom stereocenters. The van der Waals surface area contributed by atoms with Gasteiger partial charge in [-0.05, 0) is 12.1 Å². The summed E-state index contributed by atoms with van der Waals surface area (Å²) in [6.45, 7) is 0. The molecule has 0 atom stereocenters. The van der Waals surface area contributed by atoms with Gasteiger partial charge < -0.3 is 0 Å². The van der Waals surface area contributed by atoms with Crippen molar-refractivity contribution in [3.05, 3.63) is 35.4 Å². The molecule has 1 aromatic carbocycles. The molecule has 0 N–H and O–H groups in total. The third kappa shape index (κ3) is 1.89. The first-order chi connectivity index (χ1) is 6.34. The molecule has 1 rings (SSSR count). The van der Waals surface area contributed by atoms with Crippen molar-refractivity contribution < 1.29 is 26.7 Å². The maximum absolute atomic E-state index is 12.7. The van der Waals surface area contributed by atoms with Gasteiger partial charge in [0.25, 0.3) is 5.78 Å². The van der Waals surface area contributed by atoms with E-state index in [-0.39, 0.29) is 0 Å². The van der Waals surface area contributed by atoms with Crippen LogP contribution >= 0.6 is 0 Å². The van der Waals surface area contributed by atoms with E-state index in [1.165, 1.54) is 0 Å². The molecule has 0 heterocycles. The van der Waals surface area contributed by atoms with Crippen molar-refractivity contribution in [2.24, 2.45) is 0 Å². The summed E-state index contributed by atoms with van der Waals surface area (Å²) in [7, 11) is 0. The number of rotatable bonds is 1. The second-order valence-electron chi connectivity index (χ2n) is 2.42. The van der Waals surface area contributed by atoms with Crippen LogP contribution in [0.5, 0.6) is 0 Å². The quantitative estimate of drug-likeness (QED) is 0.514. The zero-order chi connectivity index (χ0) is 10.9. The van der Waals surface area contributed by atoms with Gasteiger partial charge in [0.2, 0.25) is 0 Å². The van der Waals surface area contributed by atoms with Gasteiger partial charge in [-0.15, -0.1) is 0 Å². The highest BCUT2D eigenvalue weighted by atomic mass is 19.4. The van der Waals surface area contributed by atoms with Gasteiger partial charge in [-0.2, -0.15) is 13.2 Å². The summed E-state index contributed by atoms with van der Waals surface area (Å²) in [5.74, 6) is -5.56. The second kappa shape index (κ2) is 3.36. The van der Waals surface area contributed by atoms with Gasteiger partial charge in [0.15, 0.2) is 0 Å². The molecular weight excluding hydrogens is 207 g/mol. The molecule has 6 heteroatoms. The van der Waals surface area contributed by atoms with E-state index in [0.717, 1.165) is 6.07 Å². The highest BCUT2D eigenvalue weighted by molar-refractivity contribution is 6.00. The van der Waals surface area contributed by atoms with Crippen LogP contribution in [-0.2, 0) is 0 Å². The van der Waals surface area contributed by atoms with Gasteiger partial charge in [0.05, 0.1) is 5.56 Å². The molecule has 0 aliphatic carbocycles. The Morgan fingerprint density at radius 2 is 1.50 bits per heavy atom. The Hall–Kier alpha value is -1.46. The van der Waals surface area contributed by atoms with E-state index in [1.54, 1.807) is 0 Å². The van der Waals surface area contributed by atoms with Crippen LogP contribution in [-0.4, -0.2) is 12.0 Å². The molecule has 0 radical (unpaired) electrons. The molecule has 0 amide bonds. The first-order valence-corrected chi connectivity index (χ1v) is 3.39. The van der Waals surface area contributed by atoms with Crippen molar-refractivity contribution in [1.82, 2.24) is 0 Å². The summed E-state index contributed by atoms with van der Waals surface area (Å²) in [6, 6.07) is 2.04. The number of halogens is 5. The van der Waals surface area contributed by atoms with Crippen LogP contribution in [0.4, 0.5) is 22.0 Å². The Kier molecular flexibility index (Phi) is 2.55. The molecule has 0 aromatic heterocycles. The number of ketones is 1. The second-order valence-corrected chi connectivity index (χ2v) is 2.42. The molecule has 0 aliphatic heterocycles. The van der Waals surface area contributed by atoms with Crippen molar-refractivity contribution in [3.8, 4) is 0 Å². The molecular formula is C8H3F5O. The summed E-state index contributed by atoms with van der Waals surface area (Å²) in [5.41, 5.74) is -1.57. The Bertz CT molecular complexity index is 348. The van der Waals surface area contributed by atoms with Crippen LogP contribution in [0.1, 0.15) is 10.4 Å². The number of hydrogen-bond donors (Lipinski definition) is 0. The number of Topliss-reactive ketones (excluding diaryl/α,β-unsaturated/α-hetero) is 1. The van der Waals surface area contributed by atoms with Gasteiger partial charge in [-0.25, -0.2) is 8.78 Å². The lowest BCUT2D eigenvalue weighted by atomic mass is 10.1. The monoisotopic (exact) mass is 210 g/mol. The molecule has 0 fully saturated rings. The van der Waals surface area contributed by atoms with E-state index in [4.69, 9.17) is 0 Å². The largest absolute Gasteiger partial charge is 0.455 e. The van der Waals surface area contributed by atoms with E-state index < -0.39 is 29.2 Å². The minimum Gasteiger partial charge on any atom is -0.284 e. The molecule has 0 saturated carbocycles. The standard InChI is InChI=1S/C8H3F5O/c9-4-2-1-3-5(10)6(4)7(14)8(11,12)13/h1-3H. The van der Waals surface area contributed by atoms with Crippen molar-refractivity contribution >= 4 is 5.78 Å².